The fraction of sp³-hybridized carbons (Fsp3) is 0.250. The van der Waals surface area contributed by atoms with Crippen LogP contribution in [0, 0.1) is 6.92 Å². The third-order valence-electron chi connectivity index (χ3n) is 3.83. The van der Waals surface area contributed by atoms with E-state index in [0.717, 1.165) is 16.7 Å². The Morgan fingerprint density at radius 3 is 2.29 bits per heavy atom. The Morgan fingerprint density at radius 1 is 1.08 bits per heavy atom. The van der Waals surface area contributed by atoms with Gasteiger partial charge in [0.15, 0.2) is 6.79 Å². The minimum Gasteiger partial charge on any atom is -0.478 e. The van der Waals surface area contributed by atoms with Gasteiger partial charge >= 0.3 is 5.97 Å². The van der Waals surface area contributed by atoms with Crippen LogP contribution in [-0.2, 0) is 9.53 Å². The summed E-state index contributed by atoms with van der Waals surface area (Å²) >= 11 is 0. The Kier molecular flexibility index (Phi) is 6.15. The lowest BCUT2D eigenvalue weighted by Gasteiger charge is -2.14. The minimum atomic E-state index is -0.930. The number of rotatable bonds is 7. The molecule has 0 saturated heterocycles. The van der Waals surface area contributed by atoms with E-state index in [1.165, 1.54) is 0 Å². The second kappa shape index (κ2) is 8.31. The van der Waals surface area contributed by atoms with Crippen LogP contribution in [0.25, 0.3) is 11.1 Å². The molecule has 0 bridgehead atoms. The van der Waals surface area contributed by atoms with Crippen LogP contribution in [-0.4, -0.2) is 25.0 Å². The average Bonchev–Trinajstić information content (AvgIpc) is 2.59. The summed E-state index contributed by atoms with van der Waals surface area (Å²) in [5, 5.41) is 9.78. The van der Waals surface area contributed by atoms with Gasteiger partial charge in [-0.15, -0.1) is 0 Å². The van der Waals surface area contributed by atoms with E-state index in [9.17, 15) is 9.90 Å². The lowest BCUT2D eigenvalue weighted by atomic mass is 9.90. The summed E-state index contributed by atoms with van der Waals surface area (Å²) in [6, 6.07) is 14.9. The van der Waals surface area contributed by atoms with E-state index in [-0.39, 0.29) is 6.79 Å². The van der Waals surface area contributed by atoms with Crippen LogP contribution in [0.1, 0.15) is 30.0 Å². The van der Waals surface area contributed by atoms with Crippen molar-refractivity contribution in [3.8, 4) is 5.75 Å². The van der Waals surface area contributed by atoms with Gasteiger partial charge in [-0.2, -0.15) is 0 Å². The number of methoxy groups -OCH3 is 1. The Bertz CT molecular complexity index is 730. The van der Waals surface area contributed by atoms with Crippen molar-refractivity contribution in [3.63, 3.8) is 0 Å². The molecule has 1 N–H and O–H groups in total. The molecule has 4 heteroatoms. The van der Waals surface area contributed by atoms with Crippen molar-refractivity contribution < 1.29 is 19.4 Å². The van der Waals surface area contributed by atoms with E-state index in [4.69, 9.17) is 9.47 Å². The van der Waals surface area contributed by atoms with Gasteiger partial charge in [0.1, 0.15) is 5.75 Å². The lowest BCUT2D eigenvalue weighted by Crippen LogP contribution is -2.05. The van der Waals surface area contributed by atoms with Crippen LogP contribution in [0.15, 0.2) is 48.5 Å². The quantitative estimate of drug-likeness (QED) is 0.466. The topological polar surface area (TPSA) is 55.8 Å². The van der Waals surface area contributed by atoms with Crippen LogP contribution >= 0.6 is 0 Å². The number of ether oxygens (including phenoxy) is 2. The van der Waals surface area contributed by atoms with Crippen molar-refractivity contribution in [2.24, 2.45) is 0 Å². The standard InChI is InChI=1S/C20H22O4/c1-4-17(18-8-6-5-7-14(18)2)19(20(21)22)15-9-11-16(12-10-15)24-13-23-3/h5-12H,4,13H2,1-3H3,(H,21,22). The number of benzene rings is 2. The molecule has 0 spiro atoms. The van der Waals surface area contributed by atoms with Gasteiger partial charge in [0.25, 0.3) is 0 Å². The third kappa shape index (κ3) is 4.03. The van der Waals surface area contributed by atoms with Crippen molar-refractivity contribution >= 4 is 17.1 Å². The maximum absolute atomic E-state index is 11.9. The summed E-state index contributed by atoms with van der Waals surface area (Å²) in [7, 11) is 1.55. The van der Waals surface area contributed by atoms with Crippen molar-refractivity contribution in [2.75, 3.05) is 13.9 Å². The van der Waals surface area contributed by atoms with Gasteiger partial charge in [-0.25, -0.2) is 4.79 Å². The number of carboxylic acids is 1. The predicted molar refractivity (Wildman–Crippen MR) is 94.9 cm³/mol. The average molecular weight is 326 g/mol. The molecule has 0 aliphatic heterocycles. The molecule has 0 aliphatic rings. The van der Waals surface area contributed by atoms with E-state index in [1.54, 1.807) is 31.4 Å². The largest absolute Gasteiger partial charge is 0.478 e. The van der Waals surface area contributed by atoms with Gasteiger partial charge in [0.2, 0.25) is 0 Å². The van der Waals surface area contributed by atoms with E-state index in [2.05, 4.69) is 0 Å². The van der Waals surface area contributed by atoms with Crippen molar-refractivity contribution in [3.05, 3.63) is 65.2 Å². The molecule has 2 aromatic carbocycles. The first kappa shape index (κ1) is 17.8. The third-order valence-corrected chi connectivity index (χ3v) is 3.83. The molecule has 0 saturated carbocycles. The number of carboxylic acid groups (broad SMARTS) is 1. The normalized spacial score (nSPS) is 11.8. The molecule has 24 heavy (non-hydrogen) atoms. The number of hydrogen-bond donors (Lipinski definition) is 1. The summed E-state index contributed by atoms with van der Waals surface area (Å²) in [5.41, 5.74) is 3.84. The molecule has 2 rings (SSSR count). The highest BCUT2D eigenvalue weighted by molar-refractivity contribution is 6.23. The molecular weight excluding hydrogens is 304 g/mol. The van der Waals surface area contributed by atoms with E-state index < -0.39 is 5.97 Å². The Balaban J connectivity index is 2.51. The first-order chi connectivity index (χ1) is 11.6. The predicted octanol–water partition coefficient (Wildman–Crippen LogP) is 4.38. The van der Waals surface area contributed by atoms with Crippen molar-refractivity contribution in [2.45, 2.75) is 20.3 Å². The number of aryl methyl sites for hydroxylation is 1. The van der Waals surface area contributed by atoms with Gasteiger partial charge in [-0.05, 0) is 47.7 Å². The molecule has 0 atom stereocenters. The van der Waals surface area contributed by atoms with Crippen LogP contribution in [0.4, 0.5) is 0 Å². The summed E-state index contributed by atoms with van der Waals surface area (Å²) in [4.78, 5) is 11.9. The summed E-state index contributed by atoms with van der Waals surface area (Å²) < 4.78 is 10.2. The summed E-state index contributed by atoms with van der Waals surface area (Å²) in [5.74, 6) is -0.292. The second-order valence-corrected chi connectivity index (χ2v) is 5.40. The van der Waals surface area contributed by atoms with Crippen molar-refractivity contribution in [1.29, 1.82) is 0 Å². The zero-order valence-electron chi connectivity index (χ0n) is 14.2. The van der Waals surface area contributed by atoms with Crippen LogP contribution in [0.5, 0.6) is 5.75 Å². The van der Waals surface area contributed by atoms with E-state index in [1.807, 2.05) is 38.1 Å². The summed E-state index contributed by atoms with van der Waals surface area (Å²) in [6.07, 6.45) is 0.633. The molecule has 0 unspecified atom stereocenters. The Labute approximate surface area is 142 Å². The Morgan fingerprint density at radius 2 is 1.75 bits per heavy atom. The zero-order chi connectivity index (χ0) is 17.5. The number of carbonyl (C=O) groups is 1. The van der Waals surface area contributed by atoms with Crippen molar-refractivity contribution in [1.82, 2.24) is 0 Å². The molecule has 0 aromatic heterocycles. The first-order valence-electron chi connectivity index (χ1n) is 7.83. The van der Waals surface area contributed by atoms with Crippen LogP contribution < -0.4 is 4.74 Å². The fourth-order valence-corrected chi connectivity index (χ4v) is 2.68. The molecule has 126 valence electrons. The molecule has 0 fully saturated rings. The monoisotopic (exact) mass is 326 g/mol. The zero-order valence-corrected chi connectivity index (χ0v) is 14.2. The first-order valence-corrected chi connectivity index (χ1v) is 7.83. The van der Waals surface area contributed by atoms with Crippen LogP contribution in [0.3, 0.4) is 0 Å². The van der Waals surface area contributed by atoms with Crippen LogP contribution in [0.2, 0.25) is 0 Å². The smallest absolute Gasteiger partial charge is 0.336 e. The molecule has 0 heterocycles. The van der Waals surface area contributed by atoms with E-state index >= 15 is 0 Å². The highest BCUT2D eigenvalue weighted by atomic mass is 16.7. The van der Waals surface area contributed by atoms with Gasteiger partial charge in [0, 0.05) is 7.11 Å². The van der Waals surface area contributed by atoms with E-state index in [0.29, 0.717) is 23.3 Å². The molecule has 0 amide bonds. The maximum Gasteiger partial charge on any atom is 0.336 e. The number of allylic oxidation sites excluding steroid dienone is 1. The lowest BCUT2D eigenvalue weighted by molar-refractivity contribution is -0.130. The van der Waals surface area contributed by atoms with Gasteiger partial charge in [0.05, 0.1) is 5.57 Å². The van der Waals surface area contributed by atoms with Gasteiger partial charge < -0.3 is 14.6 Å². The number of aliphatic carboxylic acids is 1. The second-order valence-electron chi connectivity index (χ2n) is 5.40. The molecular formula is C20H22O4. The minimum absolute atomic E-state index is 0.157. The molecule has 0 radical (unpaired) electrons. The van der Waals surface area contributed by atoms with Gasteiger partial charge in [-0.3, -0.25) is 0 Å². The SMILES string of the molecule is CCC(=C(C(=O)O)c1ccc(OCOC)cc1)c1ccccc1C. The highest BCUT2D eigenvalue weighted by Crippen LogP contribution is 2.31. The maximum atomic E-state index is 11.9. The van der Waals surface area contributed by atoms with Gasteiger partial charge in [-0.1, -0.05) is 43.3 Å². The Hall–Kier alpha value is -2.59. The molecule has 4 nitrogen and oxygen atoms in total. The highest BCUT2D eigenvalue weighted by Gasteiger charge is 2.18. The fourth-order valence-electron chi connectivity index (χ4n) is 2.68. The molecule has 0 aliphatic carbocycles. The molecule has 2 aromatic rings. The number of hydrogen-bond acceptors (Lipinski definition) is 3. The summed E-state index contributed by atoms with van der Waals surface area (Å²) in [6.45, 7) is 4.12.